The number of nitrogens with one attached hydrogen (secondary N) is 3. The van der Waals surface area contributed by atoms with E-state index in [1.807, 2.05) is 44.3 Å². The maximum absolute atomic E-state index is 13.5. The molecule has 1 saturated heterocycles. The van der Waals surface area contributed by atoms with Crippen LogP contribution in [0.1, 0.15) is 124 Å². The van der Waals surface area contributed by atoms with E-state index in [-0.39, 0.29) is 37.7 Å². The number of carbonyl (C=O) groups excluding carboxylic acids is 2. The molecule has 278 valence electrons. The molecule has 3 rings (SSSR count). The monoisotopic (exact) mass is 693 g/mol. The number of aromatic amines is 1. The van der Waals surface area contributed by atoms with Crippen LogP contribution in [0.15, 0.2) is 54.8 Å². The first kappa shape index (κ1) is 41.0. The number of H-pyrrole nitrogens is 1. The molecular weight excluding hydrogens is 630 g/mol. The van der Waals surface area contributed by atoms with Gasteiger partial charge < -0.3 is 30.2 Å². The Balaban J connectivity index is 1.49. The first-order valence-electron chi connectivity index (χ1n) is 18.8. The van der Waals surface area contributed by atoms with Crippen molar-refractivity contribution in [3.8, 4) is 0 Å². The van der Waals surface area contributed by atoms with E-state index in [1.165, 1.54) is 25.7 Å². The van der Waals surface area contributed by atoms with Gasteiger partial charge in [-0.25, -0.2) is 0 Å². The lowest BCUT2D eigenvalue weighted by Gasteiger charge is -2.45. The Hall–Kier alpha value is -3.43. The van der Waals surface area contributed by atoms with Crippen molar-refractivity contribution >= 4 is 28.7 Å². The summed E-state index contributed by atoms with van der Waals surface area (Å²) < 4.78 is 11.8. The Morgan fingerprint density at radius 1 is 0.940 bits per heavy atom. The van der Waals surface area contributed by atoms with Crippen LogP contribution in [0.2, 0.25) is 0 Å². The van der Waals surface area contributed by atoms with Crippen LogP contribution in [0.3, 0.4) is 0 Å². The molecule has 1 fully saturated rings. The average Bonchev–Trinajstić information content (AvgIpc) is 3.48. The standard InChI is InChI=1S/C41H63N3O6/c1-6-7-8-9-10-11-12-13-14-15-16-17-18-19-20-25-35(45)42-27-26-41(38(47)48,28-32-29-43-34-24-22-21-23-33(32)34)30-44-37(46)36-39(2,3)31-49-40(4,5)50-36/h10-11,13-14,21-24,29,36,43H,6-9,12,15-20,25-28,30-31H2,1-5H3,(H,42,45)(H,44,46)(H,47,48)/b11-10-,14-13-. The Bertz CT molecular complexity index is 1410. The van der Waals surface area contributed by atoms with Gasteiger partial charge in [-0.05, 0) is 76.8 Å². The first-order valence-corrected chi connectivity index (χ1v) is 18.8. The molecule has 2 aromatic rings. The second-order valence-corrected chi connectivity index (χ2v) is 15.1. The molecule has 2 unspecified atom stereocenters. The lowest BCUT2D eigenvalue weighted by atomic mass is 9.78. The number of rotatable bonds is 23. The van der Waals surface area contributed by atoms with Gasteiger partial charge in [-0.15, -0.1) is 0 Å². The molecule has 0 bridgehead atoms. The lowest BCUT2D eigenvalue weighted by Crippen LogP contribution is -2.58. The van der Waals surface area contributed by atoms with Crippen LogP contribution in [0.5, 0.6) is 0 Å². The van der Waals surface area contributed by atoms with Gasteiger partial charge in [-0.2, -0.15) is 0 Å². The number of ether oxygens (including phenoxy) is 2. The van der Waals surface area contributed by atoms with Crippen LogP contribution in [0, 0.1) is 10.8 Å². The summed E-state index contributed by atoms with van der Waals surface area (Å²) in [7, 11) is 0. The quantitative estimate of drug-likeness (QED) is 0.0684. The van der Waals surface area contributed by atoms with Crippen LogP contribution in [-0.4, -0.2) is 59.5 Å². The second-order valence-electron chi connectivity index (χ2n) is 15.1. The SMILES string of the molecule is CCCCC/C=C\C/C=C\CCCCCCCC(=O)NCCC(CNC(=O)C1OC(C)(C)OCC1(C)C)(Cc1c[nH]c2ccccc12)C(=O)O. The molecule has 0 spiro atoms. The number of carboxylic acids is 1. The third-order valence-electron chi connectivity index (χ3n) is 9.68. The molecule has 4 N–H and O–H groups in total. The van der Waals surface area contributed by atoms with Gasteiger partial charge in [0.25, 0.3) is 0 Å². The summed E-state index contributed by atoms with van der Waals surface area (Å²) in [5, 5.41) is 17.5. The summed E-state index contributed by atoms with van der Waals surface area (Å²) in [6, 6.07) is 7.75. The van der Waals surface area contributed by atoms with Gasteiger partial charge in [-0.3, -0.25) is 14.4 Å². The van der Waals surface area contributed by atoms with Gasteiger partial charge in [0.2, 0.25) is 11.8 Å². The Morgan fingerprint density at radius 3 is 2.34 bits per heavy atom. The number of fused-ring (bicyclic) bond motifs is 1. The van der Waals surface area contributed by atoms with E-state index in [2.05, 4.69) is 46.8 Å². The summed E-state index contributed by atoms with van der Waals surface area (Å²) in [6.07, 6.45) is 23.1. The van der Waals surface area contributed by atoms with Crippen molar-refractivity contribution in [2.24, 2.45) is 10.8 Å². The van der Waals surface area contributed by atoms with Gasteiger partial charge in [0, 0.05) is 42.0 Å². The highest BCUT2D eigenvalue weighted by molar-refractivity contribution is 5.86. The van der Waals surface area contributed by atoms with Crippen LogP contribution >= 0.6 is 0 Å². The molecule has 9 heteroatoms. The third-order valence-corrected chi connectivity index (χ3v) is 9.68. The fraction of sp³-hybridized carbons (Fsp3) is 0.634. The highest BCUT2D eigenvalue weighted by atomic mass is 16.7. The van der Waals surface area contributed by atoms with Crippen molar-refractivity contribution < 1.29 is 29.0 Å². The molecule has 0 saturated carbocycles. The number of allylic oxidation sites excluding steroid dienone is 4. The maximum Gasteiger partial charge on any atom is 0.311 e. The summed E-state index contributed by atoms with van der Waals surface area (Å²) in [5.41, 5.74) is -0.204. The zero-order valence-corrected chi connectivity index (χ0v) is 31.3. The fourth-order valence-electron chi connectivity index (χ4n) is 6.44. The number of hydrogen-bond donors (Lipinski definition) is 4. The number of unbranched alkanes of at least 4 members (excludes halogenated alkanes) is 8. The van der Waals surface area contributed by atoms with E-state index in [1.54, 1.807) is 13.8 Å². The lowest BCUT2D eigenvalue weighted by molar-refractivity contribution is -0.304. The predicted molar refractivity (Wildman–Crippen MR) is 201 cm³/mol. The van der Waals surface area contributed by atoms with Gasteiger partial charge >= 0.3 is 5.97 Å². The summed E-state index contributed by atoms with van der Waals surface area (Å²) >= 11 is 0. The van der Waals surface area contributed by atoms with Crippen molar-refractivity contribution in [1.29, 1.82) is 0 Å². The molecule has 1 aliphatic rings. The molecule has 2 amide bonds. The van der Waals surface area contributed by atoms with Crippen molar-refractivity contribution in [2.45, 2.75) is 136 Å². The van der Waals surface area contributed by atoms with E-state index in [4.69, 9.17) is 9.47 Å². The summed E-state index contributed by atoms with van der Waals surface area (Å²) in [5.74, 6) is -2.41. The highest BCUT2D eigenvalue weighted by Gasteiger charge is 2.47. The largest absolute Gasteiger partial charge is 0.481 e. The van der Waals surface area contributed by atoms with E-state index < -0.39 is 28.7 Å². The Kier molecular flexibility index (Phi) is 16.7. The first-order chi connectivity index (χ1) is 23.9. The molecule has 0 radical (unpaired) electrons. The molecule has 9 nitrogen and oxygen atoms in total. The minimum atomic E-state index is -1.36. The maximum atomic E-state index is 13.5. The smallest absolute Gasteiger partial charge is 0.311 e. The number of aromatic nitrogens is 1. The summed E-state index contributed by atoms with van der Waals surface area (Å²) in [4.78, 5) is 42.6. The van der Waals surface area contributed by atoms with E-state index in [9.17, 15) is 19.5 Å². The Morgan fingerprint density at radius 2 is 1.62 bits per heavy atom. The number of aliphatic carboxylic acids is 1. The second kappa shape index (κ2) is 20.4. The topological polar surface area (TPSA) is 130 Å². The number of amides is 2. The zero-order valence-electron chi connectivity index (χ0n) is 31.3. The minimum absolute atomic E-state index is 0.0781. The molecule has 1 aromatic heterocycles. The molecule has 2 heterocycles. The van der Waals surface area contributed by atoms with E-state index in [0.717, 1.165) is 61.4 Å². The van der Waals surface area contributed by atoms with Gasteiger partial charge in [0.15, 0.2) is 5.79 Å². The molecule has 2 atom stereocenters. The Labute approximate surface area is 300 Å². The van der Waals surface area contributed by atoms with Gasteiger partial charge in [0.1, 0.15) is 6.10 Å². The number of benzene rings is 1. The summed E-state index contributed by atoms with van der Waals surface area (Å²) in [6.45, 7) is 9.95. The van der Waals surface area contributed by atoms with Crippen molar-refractivity contribution in [3.05, 3.63) is 60.3 Å². The number of para-hydroxylation sites is 1. The highest BCUT2D eigenvalue weighted by Crippen LogP contribution is 2.36. The number of hydrogen-bond acceptors (Lipinski definition) is 5. The fourth-order valence-corrected chi connectivity index (χ4v) is 6.44. The number of carbonyl (C=O) groups is 3. The van der Waals surface area contributed by atoms with Gasteiger partial charge in [-0.1, -0.05) is 95.4 Å². The molecule has 0 aliphatic carbocycles. The molecule has 1 aromatic carbocycles. The van der Waals surface area contributed by atoms with Crippen molar-refractivity contribution in [2.75, 3.05) is 19.7 Å². The third kappa shape index (κ3) is 13.4. The number of carboxylic acid groups (broad SMARTS) is 1. The molecule has 1 aliphatic heterocycles. The predicted octanol–water partition coefficient (Wildman–Crippen LogP) is 8.40. The van der Waals surface area contributed by atoms with Crippen LogP contribution < -0.4 is 10.6 Å². The van der Waals surface area contributed by atoms with Crippen LogP contribution in [-0.2, 0) is 30.3 Å². The zero-order chi connectivity index (χ0) is 36.5. The normalized spacial score (nSPS) is 18.4. The van der Waals surface area contributed by atoms with E-state index >= 15 is 0 Å². The molecule has 50 heavy (non-hydrogen) atoms. The van der Waals surface area contributed by atoms with Gasteiger partial charge in [0.05, 0.1) is 12.0 Å². The minimum Gasteiger partial charge on any atom is -0.481 e. The average molecular weight is 694 g/mol. The van der Waals surface area contributed by atoms with Crippen LogP contribution in [0.4, 0.5) is 0 Å². The van der Waals surface area contributed by atoms with E-state index in [0.29, 0.717) is 13.0 Å². The van der Waals surface area contributed by atoms with Crippen molar-refractivity contribution in [1.82, 2.24) is 15.6 Å². The molecular formula is C41H63N3O6. The van der Waals surface area contributed by atoms with Crippen molar-refractivity contribution in [3.63, 3.8) is 0 Å². The van der Waals surface area contributed by atoms with Crippen LogP contribution in [0.25, 0.3) is 10.9 Å².